The van der Waals surface area contributed by atoms with Gasteiger partial charge in [0.1, 0.15) is 11.2 Å². The van der Waals surface area contributed by atoms with Crippen molar-refractivity contribution in [2.75, 3.05) is 0 Å². The molecule has 0 amide bonds. The van der Waals surface area contributed by atoms with Crippen molar-refractivity contribution in [3.05, 3.63) is 140 Å². The molecule has 2 heterocycles. The number of nitrogens with zero attached hydrogens (tertiary/aromatic N) is 3. The number of hydrogen-bond acceptors (Lipinski definition) is 3. The Balaban J connectivity index is 1.30. The van der Waals surface area contributed by atoms with Crippen LogP contribution < -0.4 is 0 Å². The maximum atomic E-state index is 6.33. The molecule has 8 aromatic rings. The highest BCUT2D eigenvalue weighted by Gasteiger charge is 2.18. The zero-order chi connectivity index (χ0) is 26.5. The summed E-state index contributed by atoms with van der Waals surface area (Å²) in [5.74, 6) is 1.61. The van der Waals surface area contributed by atoms with Gasteiger partial charge in [-0.05, 0) is 46.7 Å². The number of para-hydroxylation sites is 3. The van der Waals surface area contributed by atoms with Gasteiger partial charge in [-0.15, -0.1) is 10.2 Å². The van der Waals surface area contributed by atoms with Crippen molar-refractivity contribution in [2.24, 2.45) is 0 Å². The van der Waals surface area contributed by atoms with E-state index in [4.69, 9.17) is 4.42 Å². The Labute approximate surface area is 230 Å². The molecular weight excluding hydrogens is 490 g/mol. The lowest BCUT2D eigenvalue weighted by Gasteiger charge is -2.12. The lowest BCUT2D eigenvalue weighted by atomic mass is 9.98. The fraction of sp³-hybridized carbons (Fsp3) is 0. The Morgan fingerprint density at radius 1 is 0.475 bits per heavy atom. The molecule has 40 heavy (non-hydrogen) atoms. The van der Waals surface area contributed by atoms with Gasteiger partial charge >= 0.3 is 0 Å². The van der Waals surface area contributed by atoms with Crippen LogP contribution in [-0.2, 0) is 0 Å². The van der Waals surface area contributed by atoms with Crippen LogP contribution in [0.5, 0.6) is 0 Å². The van der Waals surface area contributed by atoms with Crippen LogP contribution in [0.2, 0.25) is 0 Å². The smallest absolute Gasteiger partial charge is 0.168 e. The summed E-state index contributed by atoms with van der Waals surface area (Å²) in [6, 6.07) is 48.1. The molecule has 0 bridgehead atoms. The van der Waals surface area contributed by atoms with Gasteiger partial charge in [-0.3, -0.25) is 4.57 Å². The number of fused-ring (bicyclic) bond motifs is 4. The summed E-state index contributed by atoms with van der Waals surface area (Å²) in [7, 11) is 0. The Bertz CT molecular complexity index is 2160. The fourth-order valence-corrected chi connectivity index (χ4v) is 5.59. The third kappa shape index (κ3) is 3.62. The van der Waals surface area contributed by atoms with Gasteiger partial charge in [0.25, 0.3) is 0 Å². The molecule has 188 valence electrons. The maximum absolute atomic E-state index is 6.33. The molecule has 0 aliphatic heterocycles. The number of hydrogen-bond donors (Lipinski definition) is 0. The maximum Gasteiger partial charge on any atom is 0.168 e. The van der Waals surface area contributed by atoms with E-state index in [9.17, 15) is 0 Å². The lowest BCUT2D eigenvalue weighted by Crippen LogP contribution is -2.00. The minimum absolute atomic E-state index is 0.803. The summed E-state index contributed by atoms with van der Waals surface area (Å²) < 4.78 is 8.47. The van der Waals surface area contributed by atoms with Crippen LogP contribution in [0.3, 0.4) is 0 Å². The van der Waals surface area contributed by atoms with Crippen molar-refractivity contribution >= 4 is 32.7 Å². The van der Waals surface area contributed by atoms with Crippen LogP contribution in [0.4, 0.5) is 0 Å². The van der Waals surface area contributed by atoms with Crippen molar-refractivity contribution in [1.82, 2.24) is 14.8 Å². The van der Waals surface area contributed by atoms with Gasteiger partial charge < -0.3 is 4.42 Å². The zero-order valence-corrected chi connectivity index (χ0v) is 21.5. The first-order valence-corrected chi connectivity index (χ1v) is 13.3. The number of aromatic nitrogens is 3. The van der Waals surface area contributed by atoms with E-state index in [0.717, 1.165) is 66.9 Å². The third-order valence-electron chi connectivity index (χ3n) is 7.52. The normalized spacial score (nSPS) is 11.5. The van der Waals surface area contributed by atoms with Crippen LogP contribution in [0.15, 0.2) is 144 Å². The molecule has 0 unspecified atom stereocenters. The minimum Gasteiger partial charge on any atom is -0.455 e. The Morgan fingerprint density at radius 3 is 1.95 bits per heavy atom. The molecule has 4 heteroatoms. The van der Waals surface area contributed by atoms with Crippen molar-refractivity contribution < 1.29 is 4.42 Å². The van der Waals surface area contributed by atoms with Gasteiger partial charge in [0.2, 0.25) is 0 Å². The average molecular weight is 514 g/mol. The molecule has 0 spiro atoms. The van der Waals surface area contributed by atoms with Crippen molar-refractivity contribution in [1.29, 1.82) is 0 Å². The first kappa shape index (κ1) is 22.5. The second-order valence-corrected chi connectivity index (χ2v) is 9.94. The van der Waals surface area contributed by atoms with E-state index in [1.165, 1.54) is 5.39 Å². The predicted molar refractivity (Wildman–Crippen MR) is 162 cm³/mol. The summed E-state index contributed by atoms with van der Waals surface area (Å²) in [6.45, 7) is 0. The standard InChI is InChI=1S/C36H23N3O/c1-3-10-25(11-4-1)35-37-38-36(39(35)29-12-5-2-6-13-29)27-21-19-24-18-20-26(22-28(24)23-27)30-15-9-16-32-31-14-7-8-17-33(31)40-34(30)32/h1-23H. The summed E-state index contributed by atoms with van der Waals surface area (Å²) in [5.41, 5.74) is 7.06. The first-order chi connectivity index (χ1) is 19.8. The molecule has 6 aromatic carbocycles. The number of rotatable bonds is 4. The highest BCUT2D eigenvalue weighted by Crippen LogP contribution is 2.37. The summed E-state index contributed by atoms with van der Waals surface area (Å²) in [6.07, 6.45) is 0. The van der Waals surface area contributed by atoms with Crippen LogP contribution in [0, 0.1) is 0 Å². The van der Waals surface area contributed by atoms with E-state index in [-0.39, 0.29) is 0 Å². The highest BCUT2D eigenvalue weighted by molar-refractivity contribution is 6.10. The van der Waals surface area contributed by atoms with Gasteiger partial charge in [-0.1, -0.05) is 109 Å². The average Bonchev–Trinajstić information content (AvgIpc) is 3.64. The summed E-state index contributed by atoms with van der Waals surface area (Å²) in [5, 5.41) is 13.9. The van der Waals surface area contributed by atoms with Gasteiger partial charge in [-0.2, -0.15) is 0 Å². The van der Waals surface area contributed by atoms with E-state index in [1.54, 1.807) is 0 Å². The predicted octanol–water partition coefficient (Wildman–Crippen LogP) is 9.32. The van der Waals surface area contributed by atoms with E-state index < -0.39 is 0 Å². The van der Waals surface area contributed by atoms with Gasteiger partial charge in [0.05, 0.1) is 0 Å². The van der Waals surface area contributed by atoms with Gasteiger partial charge in [0, 0.05) is 33.2 Å². The van der Waals surface area contributed by atoms with Crippen molar-refractivity contribution in [3.63, 3.8) is 0 Å². The number of furan rings is 1. The quantitative estimate of drug-likeness (QED) is 0.235. The van der Waals surface area contributed by atoms with Crippen LogP contribution >= 0.6 is 0 Å². The van der Waals surface area contributed by atoms with E-state index >= 15 is 0 Å². The summed E-state index contributed by atoms with van der Waals surface area (Å²) >= 11 is 0. The third-order valence-corrected chi connectivity index (χ3v) is 7.52. The van der Waals surface area contributed by atoms with E-state index in [2.05, 4.69) is 106 Å². The molecule has 8 rings (SSSR count). The number of benzene rings is 6. The molecule has 0 aliphatic carbocycles. The first-order valence-electron chi connectivity index (χ1n) is 13.3. The molecular formula is C36H23N3O. The largest absolute Gasteiger partial charge is 0.455 e. The molecule has 0 radical (unpaired) electrons. The van der Waals surface area contributed by atoms with Crippen molar-refractivity contribution in [3.8, 4) is 39.6 Å². The molecule has 0 atom stereocenters. The van der Waals surface area contributed by atoms with Crippen LogP contribution in [0.25, 0.3) is 72.3 Å². The summed E-state index contributed by atoms with van der Waals surface area (Å²) in [4.78, 5) is 0. The minimum atomic E-state index is 0.803. The molecule has 0 saturated carbocycles. The SMILES string of the molecule is c1ccc(-c2nnc(-c3ccc4ccc(-c5cccc6c5oc5ccccc56)cc4c3)n2-c2ccccc2)cc1. The Kier molecular flexibility index (Phi) is 5.10. The van der Waals surface area contributed by atoms with Crippen LogP contribution in [-0.4, -0.2) is 14.8 Å². The molecule has 0 saturated heterocycles. The topological polar surface area (TPSA) is 43.9 Å². The molecule has 4 nitrogen and oxygen atoms in total. The monoisotopic (exact) mass is 513 g/mol. The second kappa shape index (κ2) is 9.07. The van der Waals surface area contributed by atoms with Gasteiger partial charge in [0.15, 0.2) is 11.6 Å². The molecule has 0 fully saturated rings. The Morgan fingerprint density at radius 2 is 1.12 bits per heavy atom. The molecule has 0 N–H and O–H groups in total. The van der Waals surface area contributed by atoms with Crippen LogP contribution in [0.1, 0.15) is 0 Å². The van der Waals surface area contributed by atoms with Crippen molar-refractivity contribution in [2.45, 2.75) is 0 Å². The fourth-order valence-electron chi connectivity index (χ4n) is 5.59. The molecule has 0 aliphatic rings. The Hall–Kier alpha value is -5.48. The second-order valence-electron chi connectivity index (χ2n) is 9.94. The lowest BCUT2D eigenvalue weighted by molar-refractivity contribution is 0.670. The van der Waals surface area contributed by atoms with E-state index in [1.807, 2.05) is 48.5 Å². The van der Waals surface area contributed by atoms with E-state index in [0.29, 0.717) is 0 Å². The van der Waals surface area contributed by atoms with Gasteiger partial charge in [-0.25, -0.2) is 0 Å². The zero-order valence-electron chi connectivity index (χ0n) is 21.5. The molecule has 2 aromatic heterocycles. The highest BCUT2D eigenvalue weighted by atomic mass is 16.3.